The summed E-state index contributed by atoms with van der Waals surface area (Å²) in [4.78, 5) is 6.45. The Morgan fingerprint density at radius 1 is 0.941 bits per heavy atom. The van der Waals surface area contributed by atoms with E-state index in [-0.39, 0.29) is 0 Å². The maximum Gasteiger partial charge on any atom is 0.204 e. The van der Waals surface area contributed by atoms with Gasteiger partial charge >= 0.3 is 0 Å². The summed E-state index contributed by atoms with van der Waals surface area (Å²) in [5.74, 6) is 2.36. The lowest BCUT2D eigenvalue weighted by Crippen LogP contribution is -2.22. The molecule has 0 radical (unpaired) electrons. The summed E-state index contributed by atoms with van der Waals surface area (Å²) < 4.78 is 15.8. The van der Waals surface area contributed by atoms with Crippen LogP contribution in [0.3, 0.4) is 0 Å². The number of hydrogen-bond acceptors (Lipinski definition) is 6. The Hall–Kier alpha value is -3.49. The molecule has 8 heteroatoms. The van der Waals surface area contributed by atoms with Gasteiger partial charge in [-0.05, 0) is 75.1 Å². The summed E-state index contributed by atoms with van der Waals surface area (Å²) in [5, 5.41) is 4.90. The third kappa shape index (κ3) is 5.35. The van der Waals surface area contributed by atoms with Gasteiger partial charge in [0.15, 0.2) is 5.82 Å². The van der Waals surface area contributed by atoms with Crippen LogP contribution < -0.4 is 9.47 Å². The molecule has 0 saturated carbocycles. The maximum atomic E-state index is 5.91. The average molecular weight is 476 g/mol. The van der Waals surface area contributed by atoms with Gasteiger partial charge in [-0.25, -0.2) is 4.68 Å². The minimum atomic E-state index is 0.531. The number of para-hydroxylation sites is 2. The molecule has 7 nitrogen and oxygen atoms in total. The van der Waals surface area contributed by atoms with Gasteiger partial charge in [0.2, 0.25) is 4.77 Å². The molecule has 4 rings (SSSR count). The quantitative estimate of drug-likeness (QED) is 0.288. The van der Waals surface area contributed by atoms with Crippen molar-refractivity contribution in [2.45, 2.75) is 27.1 Å². The van der Waals surface area contributed by atoms with Crippen molar-refractivity contribution in [2.75, 3.05) is 20.3 Å². The highest BCUT2D eigenvalue weighted by atomic mass is 32.1. The zero-order chi connectivity index (χ0) is 23.9. The third-order valence-corrected chi connectivity index (χ3v) is 5.62. The van der Waals surface area contributed by atoms with E-state index in [0.717, 1.165) is 35.1 Å². The van der Waals surface area contributed by atoms with Crippen LogP contribution in [0, 0.1) is 4.77 Å². The molecule has 0 spiro atoms. The second-order valence-electron chi connectivity index (χ2n) is 7.82. The van der Waals surface area contributed by atoms with Gasteiger partial charge in [0.1, 0.15) is 11.5 Å². The van der Waals surface area contributed by atoms with Crippen molar-refractivity contribution in [3.63, 3.8) is 0 Å². The molecular weight excluding hydrogens is 446 g/mol. The zero-order valence-corrected chi connectivity index (χ0v) is 20.5. The molecule has 0 fully saturated rings. The molecule has 0 bridgehead atoms. The highest BCUT2D eigenvalue weighted by molar-refractivity contribution is 7.71. The van der Waals surface area contributed by atoms with E-state index in [4.69, 9.17) is 26.8 Å². The van der Waals surface area contributed by atoms with Crippen LogP contribution in [0.5, 0.6) is 11.5 Å². The maximum absolute atomic E-state index is 5.91. The van der Waals surface area contributed by atoms with Gasteiger partial charge in [-0.15, -0.1) is 5.10 Å². The fourth-order valence-corrected chi connectivity index (χ4v) is 4.05. The first-order valence-corrected chi connectivity index (χ1v) is 11.7. The second kappa shape index (κ2) is 11.1. The van der Waals surface area contributed by atoms with Crippen molar-refractivity contribution in [3.05, 3.63) is 83.4 Å². The number of nitrogens with zero attached hydrogens (tertiary/aromatic N) is 5. The van der Waals surface area contributed by atoms with Crippen LogP contribution in [0.25, 0.3) is 17.1 Å². The number of rotatable bonds is 10. The van der Waals surface area contributed by atoms with Crippen LogP contribution >= 0.6 is 12.2 Å². The molecule has 0 amide bonds. The van der Waals surface area contributed by atoms with Crippen LogP contribution in [0.4, 0.5) is 0 Å². The van der Waals surface area contributed by atoms with Crippen molar-refractivity contribution in [3.8, 4) is 28.6 Å². The first-order valence-electron chi connectivity index (χ1n) is 11.3. The van der Waals surface area contributed by atoms with E-state index in [0.29, 0.717) is 24.7 Å². The van der Waals surface area contributed by atoms with Crippen LogP contribution in [-0.2, 0) is 13.2 Å². The van der Waals surface area contributed by atoms with E-state index in [1.165, 1.54) is 5.56 Å². The minimum Gasteiger partial charge on any atom is -0.494 e. The van der Waals surface area contributed by atoms with E-state index in [1.807, 2.05) is 71.6 Å². The monoisotopic (exact) mass is 475 g/mol. The largest absolute Gasteiger partial charge is 0.494 e. The lowest BCUT2D eigenvalue weighted by Gasteiger charge is -2.17. The number of hydrogen-bond donors (Lipinski definition) is 0. The SMILES string of the molecule is CCOc1ccc(CN(C)Cn2nc(-c3cccnc3)n(-c3ccccc3OCC)c2=S)cc1. The Labute approximate surface area is 205 Å². The van der Waals surface area contributed by atoms with Crippen LogP contribution in [0.2, 0.25) is 0 Å². The Morgan fingerprint density at radius 3 is 2.41 bits per heavy atom. The first kappa shape index (κ1) is 23.7. The smallest absolute Gasteiger partial charge is 0.204 e. The van der Waals surface area contributed by atoms with E-state index in [9.17, 15) is 0 Å². The summed E-state index contributed by atoms with van der Waals surface area (Å²) >= 11 is 5.91. The molecular formula is C26H29N5O2S. The lowest BCUT2D eigenvalue weighted by atomic mass is 10.2. The Morgan fingerprint density at radius 2 is 1.71 bits per heavy atom. The summed E-state index contributed by atoms with van der Waals surface area (Å²) in [5.41, 5.74) is 2.92. The lowest BCUT2D eigenvalue weighted by molar-refractivity contribution is 0.244. The molecule has 0 saturated heterocycles. The Kier molecular flexibility index (Phi) is 7.72. The molecule has 2 aromatic heterocycles. The standard InChI is InChI=1S/C26H29N5O2S/c1-4-32-22-14-12-20(13-15-22)18-29(3)19-30-26(34)31(23-10-6-7-11-24(23)33-5-2)25(28-30)21-9-8-16-27-17-21/h6-17H,4-5,18-19H2,1-3H3. The fraction of sp³-hybridized carbons (Fsp3) is 0.269. The minimum absolute atomic E-state index is 0.531. The van der Waals surface area contributed by atoms with E-state index in [2.05, 4.69) is 29.1 Å². The van der Waals surface area contributed by atoms with E-state index in [1.54, 1.807) is 12.4 Å². The molecule has 0 N–H and O–H groups in total. The van der Waals surface area contributed by atoms with Crippen molar-refractivity contribution < 1.29 is 9.47 Å². The van der Waals surface area contributed by atoms with Crippen molar-refractivity contribution in [1.29, 1.82) is 0 Å². The molecule has 4 aromatic rings. The number of benzene rings is 2. The van der Waals surface area contributed by atoms with E-state index < -0.39 is 0 Å². The first-order chi connectivity index (χ1) is 16.6. The van der Waals surface area contributed by atoms with Crippen molar-refractivity contribution in [1.82, 2.24) is 24.2 Å². The van der Waals surface area contributed by atoms with Crippen LogP contribution in [-0.4, -0.2) is 44.5 Å². The van der Waals surface area contributed by atoms with Gasteiger partial charge in [-0.3, -0.25) is 14.5 Å². The van der Waals surface area contributed by atoms with Gasteiger partial charge < -0.3 is 9.47 Å². The molecule has 176 valence electrons. The van der Waals surface area contributed by atoms with Gasteiger partial charge in [0, 0.05) is 24.5 Å². The van der Waals surface area contributed by atoms with E-state index >= 15 is 0 Å². The Balaban J connectivity index is 1.67. The normalized spacial score (nSPS) is 11.1. The topological polar surface area (TPSA) is 57.3 Å². The van der Waals surface area contributed by atoms with Gasteiger partial charge in [0.25, 0.3) is 0 Å². The number of aromatic nitrogens is 4. The van der Waals surface area contributed by atoms with Crippen molar-refractivity contribution in [2.24, 2.45) is 0 Å². The second-order valence-corrected chi connectivity index (χ2v) is 8.18. The Bertz CT molecular complexity index is 1270. The highest BCUT2D eigenvalue weighted by Crippen LogP contribution is 2.28. The predicted octanol–water partition coefficient (Wildman–Crippen LogP) is 5.35. The highest BCUT2D eigenvalue weighted by Gasteiger charge is 2.18. The van der Waals surface area contributed by atoms with Crippen LogP contribution in [0.1, 0.15) is 19.4 Å². The fourth-order valence-electron chi connectivity index (χ4n) is 3.77. The van der Waals surface area contributed by atoms with Gasteiger partial charge in [0.05, 0.1) is 25.6 Å². The summed E-state index contributed by atoms with van der Waals surface area (Å²) in [7, 11) is 2.05. The molecule has 34 heavy (non-hydrogen) atoms. The van der Waals surface area contributed by atoms with Gasteiger partial charge in [-0.1, -0.05) is 24.3 Å². The van der Waals surface area contributed by atoms with Crippen LogP contribution in [0.15, 0.2) is 73.1 Å². The molecule has 0 unspecified atom stereocenters. The molecule has 2 aromatic carbocycles. The molecule has 0 aliphatic carbocycles. The number of ether oxygens (including phenoxy) is 2. The molecule has 0 atom stereocenters. The summed E-state index contributed by atoms with van der Waals surface area (Å²) in [6, 6.07) is 19.9. The summed E-state index contributed by atoms with van der Waals surface area (Å²) in [6.45, 7) is 6.45. The molecule has 0 aliphatic heterocycles. The van der Waals surface area contributed by atoms with Crippen molar-refractivity contribution >= 4 is 12.2 Å². The predicted molar refractivity (Wildman–Crippen MR) is 136 cm³/mol. The van der Waals surface area contributed by atoms with Gasteiger partial charge in [-0.2, -0.15) is 0 Å². The summed E-state index contributed by atoms with van der Waals surface area (Å²) in [6.07, 6.45) is 3.54. The molecule has 0 aliphatic rings. The third-order valence-electron chi connectivity index (χ3n) is 5.23. The average Bonchev–Trinajstić information content (AvgIpc) is 3.17. The number of pyridine rings is 1. The molecule has 2 heterocycles. The zero-order valence-electron chi connectivity index (χ0n) is 19.7.